The van der Waals surface area contributed by atoms with E-state index >= 15 is 0 Å². The van der Waals surface area contributed by atoms with E-state index < -0.39 is 0 Å². The molecule has 1 saturated heterocycles. The summed E-state index contributed by atoms with van der Waals surface area (Å²) in [5, 5.41) is 7.14. The summed E-state index contributed by atoms with van der Waals surface area (Å²) in [5.41, 5.74) is 0. The molecule has 3 nitrogen and oxygen atoms in total. The van der Waals surface area contributed by atoms with Gasteiger partial charge in [0.1, 0.15) is 0 Å². The van der Waals surface area contributed by atoms with Crippen molar-refractivity contribution in [2.75, 3.05) is 25.4 Å². The van der Waals surface area contributed by atoms with Gasteiger partial charge in [-0.2, -0.15) is 0 Å². The van der Waals surface area contributed by atoms with Crippen molar-refractivity contribution in [3.05, 3.63) is 29.3 Å². The van der Waals surface area contributed by atoms with E-state index in [1.165, 1.54) is 12.8 Å². The third-order valence-corrected chi connectivity index (χ3v) is 4.66. The third kappa shape index (κ3) is 7.41. The maximum Gasteiger partial charge on any atom is 0.220 e. The molecule has 0 spiro atoms. The van der Waals surface area contributed by atoms with E-state index in [0.29, 0.717) is 12.3 Å². The molecule has 0 saturated carbocycles. The minimum Gasteiger partial charge on any atom is -0.356 e. The fourth-order valence-electron chi connectivity index (χ4n) is 2.24. The Kier molecular flexibility index (Phi) is 9.16. The second-order valence-corrected chi connectivity index (χ2v) is 6.67. The van der Waals surface area contributed by atoms with Crippen LogP contribution in [0, 0.1) is 5.92 Å². The summed E-state index contributed by atoms with van der Waals surface area (Å²) in [6.45, 7) is 2.94. The van der Waals surface area contributed by atoms with E-state index in [-0.39, 0.29) is 18.3 Å². The number of thioether (sulfide) groups is 1. The highest BCUT2D eigenvalue weighted by atomic mass is 35.5. The SMILES string of the molecule is Cl.O=C(CCSc1ccc(Cl)cc1)NCC1CCCNC1. The van der Waals surface area contributed by atoms with E-state index in [0.717, 1.165) is 35.3 Å². The van der Waals surface area contributed by atoms with Gasteiger partial charge in [-0.3, -0.25) is 4.79 Å². The molecule has 6 heteroatoms. The number of halogens is 2. The first-order valence-electron chi connectivity index (χ1n) is 7.10. The van der Waals surface area contributed by atoms with E-state index in [4.69, 9.17) is 11.6 Å². The monoisotopic (exact) mass is 348 g/mol. The number of nitrogens with one attached hydrogen (secondary N) is 2. The summed E-state index contributed by atoms with van der Waals surface area (Å²) >= 11 is 7.52. The molecule has 21 heavy (non-hydrogen) atoms. The van der Waals surface area contributed by atoms with Gasteiger partial charge in [0.25, 0.3) is 0 Å². The minimum absolute atomic E-state index is 0. The van der Waals surface area contributed by atoms with Gasteiger partial charge in [-0.1, -0.05) is 11.6 Å². The van der Waals surface area contributed by atoms with Crippen LogP contribution in [0.2, 0.25) is 5.02 Å². The molecule has 1 fully saturated rings. The number of hydrogen-bond acceptors (Lipinski definition) is 3. The lowest BCUT2D eigenvalue weighted by Gasteiger charge is -2.22. The minimum atomic E-state index is 0. The molecule has 1 aromatic carbocycles. The summed E-state index contributed by atoms with van der Waals surface area (Å²) in [6, 6.07) is 7.72. The van der Waals surface area contributed by atoms with Crippen LogP contribution in [0.4, 0.5) is 0 Å². The molecule has 1 aromatic rings. The fourth-order valence-corrected chi connectivity index (χ4v) is 3.21. The number of benzene rings is 1. The molecule has 1 aliphatic rings. The smallest absolute Gasteiger partial charge is 0.220 e. The Hall–Kier alpha value is -0.420. The molecular weight excluding hydrogens is 327 g/mol. The van der Waals surface area contributed by atoms with Gasteiger partial charge in [0.05, 0.1) is 0 Å². The van der Waals surface area contributed by atoms with Gasteiger partial charge in [0.15, 0.2) is 0 Å². The quantitative estimate of drug-likeness (QED) is 0.774. The van der Waals surface area contributed by atoms with E-state index in [2.05, 4.69) is 10.6 Å². The Labute approximate surface area is 142 Å². The largest absolute Gasteiger partial charge is 0.356 e. The number of amides is 1. The Bertz CT molecular complexity index is 422. The predicted molar refractivity (Wildman–Crippen MR) is 92.6 cm³/mol. The first kappa shape index (κ1) is 18.6. The molecule has 0 aliphatic carbocycles. The highest BCUT2D eigenvalue weighted by molar-refractivity contribution is 7.99. The molecule has 0 radical (unpaired) electrons. The average molecular weight is 349 g/mol. The van der Waals surface area contributed by atoms with Crippen molar-refractivity contribution < 1.29 is 4.79 Å². The molecule has 1 aliphatic heterocycles. The maximum atomic E-state index is 11.8. The normalized spacial score (nSPS) is 17.9. The van der Waals surface area contributed by atoms with Crippen molar-refractivity contribution in [1.29, 1.82) is 0 Å². The van der Waals surface area contributed by atoms with E-state index in [9.17, 15) is 4.79 Å². The van der Waals surface area contributed by atoms with Crippen LogP contribution >= 0.6 is 35.8 Å². The maximum absolute atomic E-state index is 11.8. The zero-order chi connectivity index (χ0) is 14.2. The topological polar surface area (TPSA) is 41.1 Å². The zero-order valence-electron chi connectivity index (χ0n) is 11.9. The predicted octanol–water partition coefficient (Wildman–Crippen LogP) is 3.36. The Morgan fingerprint density at radius 1 is 1.38 bits per heavy atom. The van der Waals surface area contributed by atoms with Crippen LogP contribution in [0.1, 0.15) is 19.3 Å². The molecule has 1 amide bonds. The van der Waals surface area contributed by atoms with Gasteiger partial charge in [-0.05, 0) is 56.1 Å². The van der Waals surface area contributed by atoms with Gasteiger partial charge in [-0.25, -0.2) is 0 Å². The molecule has 2 N–H and O–H groups in total. The van der Waals surface area contributed by atoms with Crippen LogP contribution in [0.15, 0.2) is 29.2 Å². The van der Waals surface area contributed by atoms with Crippen LogP contribution < -0.4 is 10.6 Å². The summed E-state index contributed by atoms with van der Waals surface area (Å²) in [5.74, 6) is 1.55. The van der Waals surface area contributed by atoms with Gasteiger partial charge in [0, 0.05) is 28.6 Å². The molecule has 1 unspecified atom stereocenters. The lowest BCUT2D eigenvalue weighted by atomic mass is 10.00. The van der Waals surface area contributed by atoms with E-state index in [1.54, 1.807) is 11.8 Å². The van der Waals surface area contributed by atoms with Crippen molar-refractivity contribution in [3.8, 4) is 0 Å². The lowest BCUT2D eigenvalue weighted by molar-refractivity contribution is -0.120. The third-order valence-electron chi connectivity index (χ3n) is 3.40. The van der Waals surface area contributed by atoms with Crippen LogP contribution in [0.25, 0.3) is 0 Å². The molecular formula is C15H22Cl2N2OS. The molecule has 0 aromatic heterocycles. The number of carbonyl (C=O) groups excluding carboxylic acids is 1. The zero-order valence-corrected chi connectivity index (χ0v) is 14.3. The number of hydrogen-bond donors (Lipinski definition) is 2. The molecule has 118 valence electrons. The Balaban J connectivity index is 0.00000220. The first-order chi connectivity index (χ1) is 9.74. The number of carbonyl (C=O) groups is 1. The van der Waals surface area contributed by atoms with Crippen molar-refractivity contribution in [2.24, 2.45) is 5.92 Å². The highest BCUT2D eigenvalue weighted by Gasteiger charge is 2.13. The van der Waals surface area contributed by atoms with Gasteiger partial charge in [0.2, 0.25) is 5.91 Å². The van der Waals surface area contributed by atoms with Crippen molar-refractivity contribution in [2.45, 2.75) is 24.2 Å². The van der Waals surface area contributed by atoms with Crippen molar-refractivity contribution >= 4 is 41.7 Å². The van der Waals surface area contributed by atoms with Crippen LogP contribution in [0.3, 0.4) is 0 Å². The van der Waals surface area contributed by atoms with Gasteiger partial charge < -0.3 is 10.6 Å². The summed E-state index contributed by atoms with van der Waals surface area (Å²) in [4.78, 5) is 12.9. The Morgan fingerprint density at radius 2 is 2.14 bits per heavy atom. The lowest BCUT2D eigenvalue weighted by Crippen LogP contribution is -2.38. The summed E-state index contributed by atoms with van der Waals surface area (Å²) in [6.07, 6.45) is 2.99. The number of rotatable bonds is 6. The standard InChI is InChI=1S/C15H21ClN2OS.ClH/c16-13-3-5-14(6-4-13)20-9-7-15(19)18-11-12-2-1-8-17-10-12;/h3-6,12,17H,1-2,7-11H2,(H,18,19);1H. The summed E-state index contributed by atoms with van der Waals surface area (Å²) < 4.78 is 0. The van der Waals surface area contributed by atoms with Crippen LogP contribution in [-0.2, 0) is 4.79 Å². The summed E-state index contributed by atoms with van der Waals surface area (Å²) in [7, 11) is 0. The number of piperidine rings is 1. The first-order valence-corrected chi connectivity index (χ1v) is 8.46. The van der Waals surface area contributed by atoms with Crippen molar-refractivity contribution in [3.63, 3.8) is 0 Å². The molecule has 2 rings (SSSR count). The second-order valence-electron chi connectivity index (χ2n) is 5.07. The Morgan fingerprint density at radius 3 is 2.81 bits per heavy atom. The molecule has 1 heterocycles. The van der Waals surface area contributed by atoms with Crippen LogP contribution in [0.5, 0.6) is 0 Å². The van der Waals surface area contributed by atoms with Gasteiger partial charge in [-0.15, -0.1) is 24.2 Å². The molecule has 0 bridgehead atoms. The fraction of sp³-hybridized carbons (Fsp3) is 0.533. The van der Waals surface area contributed by atoms with Crippen LogP contribution in [-0.4, -0.2) is 31.3 Å². The van der Waals surface area contributed by atoms with E-state index in [1.807, 2.05) is 24.3 Å². The highest BCUT2D eigenvalue weighted by Crippen LogP contribution is 2.20. The van der Waals surface area contributed by atoms with Crippen molar-refractivity contribution in [1.82, 2.24) is 10.6 Å². The van der Waals surface area contributed by atoms with Gasteiger partial charge >= 0.3 is 0 Å². The molecule has 1 atom stereocenters. The average Bonchev–Trinajstić information content (AvgIpc) is 2.48. The second kappa shape index (κ2) is 10.3.